The minimum Gasteiger partial charge on any atom is -0.491 e. The maximum atomic E-state index is 14.3. The number of nitrogens with zero attached hydrogens (tertiary/aromatic N) is 1. The highest BCUT2D eigenvalue weighted by Crippen LogP contribution is 2.40. The lowest BCUT2D eigenvalue weighted by Gasteiger charge is -2.30. The van der Waals surface area contributed by atoms with E-state index < -0.39 is 17.4 Å². The van der Waals surface area contributed by atoms with Crippen LogP contribution in [0.2, 0.25) is 0 Å². The van der Waals surface area contributed by atoms with Crippen molar-refractivity contribution in [1.29, 1.82) is 0 Å². The molecule has 0 amide bonds. The Morgan fingerprint density at radius 1 is 1.13 bits per heavy atom. The highest BCUT2D eigenvalue weighted by molar-refractivity contribution is 6.19. The molecular formula is C25H22F2N2O2. The first-order chi connectivity index (χ1) is 14.8. The number of benzene rings is 2. The molecule has 4 aromatic rings. The summed E-state index contributed by atoms with van der Waals surface area (Å²) in [6.45, 7) is 4.12. The molecule has 2 aromatic heterocycles. The fourth-order valence-electron chi connectivity index (χ4n) is 4.73. The van der Waals surface area contributed by atoms with Gasteiger partial charge in [0.1, 0.15) is 0 Å². The van der Waals surface area contributed by atoms with Gasteiger partial charge in [-0.05, 0) is 35.6 Å². The second kappa shape index (κ2) is 6.87. The standard InChI is InChI=1S/C25H22F2N2O2/c1-25(2)11-19-22(20(30)12-25)21-14-6-4-5-7-17(14)29-23(21)18(28-19)10-13-8-15(26)24(31-3)16(27)9-13/h4-9,29H,10-12H2,1-3H3. The highest BCUT2D eigenvalue weighted by atomic mass is 19.1. The van der Waals surface area contributed by atoms with Crippen LogP contribution in [-0.2, 0) is 12.8 Å². The van der Waals surface area contributed by atoms with Gasteiger partial charge in [0.05, 0.1) is 24.0 Å². The average Bonchev–Trinajstić information content (AvgIpc) is 3.06. The quantitative estimate of drug-likeness (QED) is 0.459. The largest absolute Gasteiger partial charge is 0.491 e. The van der Waals surface area contributed by atoms with E-state index in [4.69, 9.17) is 9.72 Å². The zero-order valence-electron chi connectivity index (χ0n) is 17.6. The van der Waals surface area contributed by atoms with E-state index >= 15 is 0 Å². The molecule has 5 rings (SSSR count). The van der Waals surface area contributed by atoms with Crippen molar-refractivity contribution in [2.45, 2.75) is 33.1 Å². The molecule has 0 spiro atoms. The second-order valence-electron chi connectivity index (χ2n) is 9.01. The Morgan fingerprint density at radius 2 is 1.84 bits per heavy atom. The lowest BCUT2D eigenvalue weighted by Crippen LogP contribution is -2.28. The van der Waals surface area contributed by atoms with Gasteiger partial charge in [0, 0.05) is 34.7 Å². The van der Waals surface area contributed by atoms with Crippen molar-refractivity contribution in [3.63, 3.8) is 0 Å². The number of hydrogen-bond donors (Lipinski definition) is 1. The van der Waals surface area contributed by atoms with Crippen LogP contribution in [0.15, 0.2) is 36.4 Å². The van der Waals surface area contributed by atoms with Gasteiger partial charge in [-0.3, -0.25) is 9.78 Å². The van der Waals surface area contributed by atoms with E-state index in [2.05, 4.69) is 18.8 Å². The molecule has 0 atom stereocenters. The SMILES string of the molecule is COc1c(F)cc(Cc2nc3c(c4c2[nH]c2ccccc24)C(=O)CC(C)(C)C3)cc1F. The summed E-state index contributed by atoms with van der Waals surface area (Å²) in [6.07, 6.45) is 1.36. The number of aromatic amines is 1. The van der Waals surface area contributed by atoms with Crippen LogP contribution in [0.25, 0.3) is 21.8 Å². The number of aromatic nitrogens is 2. The topological polar surface area (TPSA) is 55.0 Å². The molecular weight excluding hydrogens is 398 g/mol. The van der Waals surface area contributed by atoms with Crippen molar-refractivity contribution in [2.24, 2.45) is 5.41 Å². The van der Waals surface area contributed by atoms with Crippen molar-refractivity contribution in [3.8, 4) is 5.75 Å². The molecule has 0 unspecified atom stereocenters. The van der Waals surface area contributed by atoms with E-state index in [0.29, 0.717) is 29.7 Å². The number of carbonyl (C=O) groups excluding carboxylic acids is 1. The predicted octanol–water partition coefficient (Wildman–Crippen LogP) is 5.75. The maximum Gasteiger partial charge on any atom is 0.190 e. The third kappa shape index (κ3) is 3.17. The van der Waals surface area contributed by atoms with Crippen molar-refractivity contribution in [1.82, 2.24) is 9.97 Å². The fourth-order valence-corrected chi connectivity index (χ4v) is 4.73. The first kappa shape index (κ1) is 19.7. The Bertz CT molecular complexity index is 1350. The number of fused-ring (bicyclic) bond motifs is 5. The van der Waals surface area contributed by atoms with Crippen LogP contribution in [0.1, 0.15) is 47.6 Å². The van der Waals surface area contributed by atoms with E-state index in [1.54, 1.807) is 0 Å². The van der Waals surface area contributed by atoms with Crippen LogP contribution < -0.4 is 4.74 Å². The number of para-hydroxylation sites is 1. The monoisotopic (exact) mass is 420 g/mol. The molecule has 2 heterocycles. The predicted molar refractivity (Wildman–Crippen MR) is 116 cm³/mol. The van der Waals surface area contributed by atoms with E-state index in [9.17, 15) is 13.6 Å². The van der Waals surface area contributed by atoms with Gasteiger partial charge in [0.15, 0.2) is 23.2 Å². The van der Waals surface area contributed by atoms with Crippen LogP contribution in [0.3, 0.4) is 0 Å². The van der Waals surface area contributed by atoms with Gasteiger partial charge in [-0.25, -0.2) is 8.78 Å². The van der Waals surface area contributed by atoms with E-state index in [-0.39, 0.29) is 17.6 Å². The molecule has 2 aromatic carbocycles. The van der Waals surface area contributed by atoms with Gasteiger partial charge in [-0.15, -0.1) is 0 Å². The Hall–Kier alpha value is -3.28. The number of ether oxygens (including phenoxy) is 1. The number of H-pyrrole nitrogens is 1. The number of ketones is 1. The van der Waals surface area contributed by atoms with E-state index in [0.717, 1.165) is 27.5 Å². The molecule has 158 valence electrons. The Morgan fingerprint density at radius 3 is 2.55 bits per heavy atom. The fraction of sp³-hybridized carbons (Fsp3) is 0.280. The number of pyridine rings is 1. The Balaban J connectivity index is 1.76. The van der Waals surface area contributed by atoms with Gasteiger partial charge in [0.25, 0.3) is 0 Å². The summed E-state index contributed by atoms with van der Waals surface area (Å²) in [6, 6.07) is 10.3. The zero-order valence-corrected chi connectivity index (χ0v) is 17.6. The molecule has 0 fully saturated rings. The number of Topliss-reactive ketones (excluding diaryl/α,β-unsaturated/α-hetero) is 1. The van der Waals surface area contributed by atoms with Crippen molar-refractivity contribution in [2.75, 3.05) is 7.11 Å². The minimum absolute atomic E-state index is 0.0848. The summed E-state index contributed by atoms with van der Waals surface area (Å²) in [5.74, 6) is -1.81. The zero-order chi connectivity index (χ0) is 21.9. The molecule has 0 aliphatic heterocycles. The molecule has 1 aliphatic rings. The van der Waals surface area contributed by atoms with E-state index in [1.165, 1.54) is 19.2 Å². The van der Waals surface area contributed by atoms with Gasteiger partial charge in [0.2, 0.25) is 0 Å². The summed E-state index contributed by atoms with van der Waals surface area (Å²) >= 11 is 0. The molecule has 4 nitrogen and oxygen atoms in total. The lowest BCUT2D eigenvalue weighted by molar-refractivity contribution is 0.0912. The third-order valence-electron chi connectivity index (χ3n) is 6.00. The Kier molecular flexibility index (Phi) is 4.36. The highest BCUT2D eigenvalue weighted by Gasteiger charge is 2.35. The van der Waals surface area contributed by atoms with Crippen molar-refractivity contribution in [3.05, 3.63) is 70.5 Å². The van der Waals surface area contributed by atoms with Crippen LogP contribution in [0, 0.1) is 17.0 Å². The van der Waals surface area contributed by atoms with Crippen LogP contribution >= 0.6 is 0 Å². The van der Waals surface area contributed by atoms with Crippen molar-refractivity contribution < 1.29 is 18.3 Å². The number of rotatable bonds is 3. The van der Waals surface area contributed by atoms with Crippen molar-refractivity contribution >= 4 is 27.6 Å². The summed E-state index contributed by atoms with van der Waals surface area (Å²) in [5, 5.41) is 1.81. The molecule has 31 heavy (non-hydrogen) atoms. The van der Waals surface area contributed by atoms with Gasteiger partial charge >= 0.3 is 0 Å². The van der Waals surface area contributed by atoms with Gasteiger partial charge in [-0.1, -0.05) is 32.0 Å². The average molecular weight is 420 g/mol. The van der Waals surface area contributed by atoms with Crippen LogP contribution in [0.4, 0.5) is 8.78 Å². The second-order valence-corrected chi connectivity index (χ2v) is 9.01. The van der Waals surface area contributed by atoms with Gasteiger partial charge in [-0.2, -0.15) is 0 Å². The molecule has 1 aliphatic carbocycles. The molecule has 0 saturated carbocycles. The molecule has 0 radical (unpaired) electrons. The first-order valence-corrected chi connectivity index (χ1v) is 10.2. The van der Waals surface area contributed by atoms with Crippen LogP contribution in [0.5, 0.6) is 5.75 Å². The summed E-state index contributed by atoms with van der Waals surface area (Å²) in [5.41, 5.74) is 3.99. The number of methoxy groups -OCH3 is 1. The smallest absolute Gasteiger partial charge is 0.190 e. The number of carbonyl (C=O) groups is 1. The number of halogens is 2. The molecule has 6 heteroatoms. The summed E-state index contributed by atoms with van der Waals surface area (Å²) in [4.78, 5) is 21.4. The Labute approximate surface area is 178 Å². The maximum absolute atomic E-state index is 14.3. The third-order valence-corrected chi connectivity index (χ3v) is 6.00. The molecule has 0 bridgehead atoms. The summed E-state index contributed by atoms with van der Waals surface area (Å²) < 4.78 is 33.4. The minimum atomic E-state index is -0.750. The summed E-state index contributed by atoms with van der Waals surface area (Å²) in [7, 11) is 1.24. The number of hydrogen-bond acceptors (Lipinski definition) is 3. The van der Waals surface area contributed by atoms with Crippen LogP contribution in [-0.4, -0.2) is 22.9 Å². The molecule has 1 N–H and O–H groups in total. The lowest BCUT2D eigenvalue weighted by atomic mass is 9.74. The first-order valence-electron chi connectivity index (χ1n) is 10.2. The molecule has 0 saturated heterocycles. The number of nitrogens with one attached hydrogen (secondary N) is 1. The van der Waals surface area contributed by atoms with Gasteiger partial charge < -0.3 is 9.72 Å². The normalized spacial score (nSPS) is 15.5. The van der Waals surface area contributed by atoms with E-state index in [1.807, 2.05) is 24.3 Å².